The third-order valence-corrected chi connectivity index (χ3v) is 3.09. The molecule has 2 N–H and O–H groups in total. The molecule has 0 aliphatic heterocycles. The standard InChI is InChI=1S/C14H17NO/c1-2-3-4-9-15-14-8-5-11-10-12(16)6-7-13(11)14/h1,6-7,10,14-16H,3-5,8-9H2. The van der Waals surface area contributed by atoms with Gasteiger partial charge in [0.15, 0.2) is 0 Å². The van der Waals surface area contributed by atoms with Crippen LogP contribution in [0, 0.1) is 12.3 Å². The Balaban J connectivity index is 1.94. The summed E-state index contributed by atoms with van der Waals surface area (Å²) in [6.45, 7) is 0.967. The molecule has 0 radical (unpaired) electrons. The van der Waals surface area contributed by atoms with Crippen molar-refractivity contribution in [3.63, 3.8) is 0 Å². The molecule has 1 aliphatic carbocycles. The van der Waals surface area contributed by atoms with Gasteiger partial charge in [-0.1, -0.05) is 6.07 Å². The summed E-state index contributed by atoms with van der Waals surface area (Å²) in [6, 6.07) is 6.10. The lowest BCUT2D eigenvalue weighted by atomic mass is 10.1. The van der Waals surface area contributed by atoms with Crippen molar-refractivity contribution in [3.8, 4) is 18.1 Å². The van der Waals surface area contributed by atoms with Gasteiger partial charge in [0.2, 0.25) is 0 Å². The van der Waals surface area contributed by atoms with Gasteiger partial charge in [0, 0.05) is 12.5 Å². The maximum absolute atomic E-state index is 9.39. The molecule has 0 bridgehead atoms. The van der Waals surface area contributed by atoms with Gasteiger partial charge < -0.3 is 10.4 Å². The Kier molecular flexibility index (Phi) is 3.48. The van der Waals surface area contributed by atoms with Crippen LogP contribution in [0.1, 0.15) is 36.4 Å². The summed E-state index contributed by atoms with van der Waals surface area (Å²) in [5, 5.41) is 12.9. The van der Waals surface area contributed by atoms with Crippen molar-refractivity contribution >= 4 is 0 Å². The predicted octanol–water partition coefficient (Wildman–Crippen LogP) is 2.38. The van der Waals surface area contributed by atoms with Gasteiger partial charge in [0.25, 0.3) is 0 Å². The van der Waals surface area contributed by atoms with Crippen molar-refractivity contribution in [3.05, 3.63) is 29.3 Å². The van der Waals surface area contributed by atoms with E-state index < -0.39 is 0 Å². The van der Waals surface area contributed by atoms with Crippen molar-refractivity contribution in [2.75, 3.05) is 6.54 Å². The number of terminal acetylenes is 1. The van der Waals surface area contributed by atoms with Crippen LogP contribution < -0.4 is 5.32 Å². The number of fused-ring (bicyclic) bond motifs is 1. The largest absolute Gasteiger partial charge is 0.508 e. The molecule has 2 rings (SSSR count). The van der Waals surface area contributed by atoms with Crippen LogP contribution in [-0.2, 0) is 6.42 Å². The molecule has 1 unspecified atom stereocenters. The van der Waals surface area contributed by atoms with Crippen LogP contribution >= 0.6 is 0 Å². The summed E-state index contributed by atoms with van der Waals surface area (Å²) < 4.78 is 0. The van der Waals surface area contributed by atoms with E-state index >= 15 is 0 Å². The van der Waals surface area contributed by atoms with E-state index in [0.717, 1.165) is 32.2 Å². The molecule has 0 spiro atoms. The molecule has 0 fully saturated rings. The van der Waals surface area contributed by atoms with E-state index in [0.29, 0.717) is 11.8 Å². The lowest BCUT2D eigenvalue weighted by Crippen LogP contribution is -2.20. The van der Waals surface area contributed by atoms with Crippen molar-refractivity contribution in [1.82, 2.24) is 5.32 Å². The maximum Gasteiger partial charge on any atom is 0.115 e. The fourth-order valence-electron chi connectivity index (χ4n) is 2.28. The highest BCUT2D eigenvalue weighted by molar-refractivity contribution is 5.39. The fourth-order valence-corrected chi connectivity index (χ4v) is 2.28. The molecule has 2 heteroatoms. The zero-order valence-electron chi connectivity index (χ0n) is 9.37. The van der Waals surface area contributed by atoms with Gasteiger partial charge in [0.05, 0.1) is 0 Å². The van der Waals surface area contributed by atoms with E-state index in [1.54, 1.807) is 6.07 Å². The first-order valence-electron chi connectivity index (χ1n) is 5.80. The van der Waals surface area contributed by atoms with Crippen LogP contribution in [0.2, 0.25) is 0 Å². The number of aromatic hydroxyl groups is 1. The highest BCUT2D eigenvalue weighted by Gasteiger charge is 2.21. The van der Waals surface area contributed by atoms with E-state index in [1.165, 1.54) is 11.1 Å². The molecule has 2 nitrogen and oxygen atoms in total. The quantitative estimate of drug-likeness (QED) is 0.597. The Morgan fingerprint density at radius 1 is 1.50 bits per heavy atom. The molecule has 84 valence electrons. The second kappa shape index (κ2) is 5.05. The average molecular weight is 215 g/mol. The number of unbranched alkanes of at least 4 members (excludes halogenated alkanes) is 1. The lowest BCUT2D eigenvalue weighted by Gasteiger charge is -2.13. The molecule has 1 aliphatic rings. The van der Waals surface area contributed by atoms with Crippen LogP contribution in [0.15, 0.2) is 18.2 Å². The first-order valence-corrected chi connectivity index (χ1v) is 5.80. The van der Waals surface area contributed by atoms with Crippen molar-refractivity contribution in [1.29, 1.82) is 0 Å². The molecular weight excluding hydrogens is 198 g/mol. The van der Waals surface area contributed by atoms with Crippen molar-refractivity contribution < 1.29 is 5.11 Å². The van der Waals surface area contributed by atoms with Gasteiger partial charge in [-0.05, 0) is 49.1 Å². The average Bonchev–Trinajstić information content (AvgIpc) is 2.67. The van der Waals surface area contributed by atoms with Gasteiger partial charge >= 0.3 is 0 Å². The van der Waals surface area contributed by atoms with Crippen LogP contribution in [0.3, 0.4) is 0 Å². The van der Waals surface area contributed by atoms with Gasteiger partial charge in [-0.2, -0.15) is 0 Å². The predicted molar refractivity (Wildman–Crippen MR) is 65.2 cm³/mol. The molecule has 0 heterocycles. The monoisotopic (exact) mass is 215 g/mol. The van der Waals surface area contributed by atoms with Crippen molar-refractivity contribution in [2.45, 2.75) is 31.7 Å². The third kappa shape index (κ3) is 2.37. The third-order valence-electron chi connectivity index (χ3n) is 3.09. The minimum absolute atomic E-state index is 0.367. The molecular formula is C14H17NO. The van der Waals surface area contributed by atoms with E-state index in [4.69, 9.17) is 6.42 Å². The highest BCUT2D eigenvalue weighted by Crippen LogP contribution is 2.33. The first-order chi connectivity index (χ1) is 7.81. The first kappa shape index (κ1) is 11.0. The lowest BCUT2D eigenvalue weighted by molar-refractivity contribution is 0.474. The van der Waals surface area contributed by atoms with Gasteiger partial charge in [-0.25, -0.2) is 0 Å². The summed E-state index contributed by atoms with van der Waals surface area (Å²) >= 11 is 0. The molecule has 0 amide bonds. The van der Waals surface area contributed by atoms with E-state index in [9.17, 15) is 5.11 Å². The fraction of sp³-hybridized carbons (Fsp3) is 0.429. The molecule has 0 saturated carbocycles. The number of aryl methyl sites for hydroxylation is 1. The normalized spacial score (nSPS) is 18.1. The van der Waals surface area contributed by atoms with Crippen LogP contribution in [0.5, 0.6) is 5.75 Å². The van der Waals surface area contributed by atoms with Gasteiger partial charge in [0.1, 0.15) is 5.75 Å². The van der Waals surface area contributed by atoms with Crippen LogP contribution in [0.4, 0.5) is 0 Å². The summed E-state index contributed by atoms with van der Waals surface area (Å²) in [6.07, 6.45) is 9.25. The number of rotatable bonds is 4. The molecule has 1 aromatic rings. The zero-order chi connectivity index (χ0) is 11.4. The van der Waals surface area contributed by atoms with E-state index in [1.807, 2.05) is 12.1 Å². The molecule has 1 atom stereocenters. The number of phenols is 1. The van der Waals surface area contributed by atoms with Gasteiger partial charge in [-0.3, -0.25) is 0 Å². The molecule has 0 saturated heterocycles. The summed E-state index contributed by atoms with van der Waals surface area (Å²) in [7, 11) is 0. The topological polar surface area (TPSA) is 32.3 Å². The molecule has 0 aromatic heterocycles. The maximum atomic E-state index is 9.39. The second-order valence-electron chi connectivity index (χ2n) is 4.24. The SMILES string of the molecule is C#CCCCNC1CCc2cc(O)ccc21. The van der Waals surface area contributed by atoms with Crippen LogP contribution in [0.25, 0.3) is 0 Å². The van der Waals surface area contributed by atoms with Crippen molar-refractivity contribution in [2.24, 2.45) is 0 Å². The Hall–Kier alpha value is -1.46. The Morgan fingerprint density at radius 2 is 2.38 bits per heavy atom. The minimum atomic E-state index is 0.367. The Bertz CT molecular complexity index is 406. The van der Waals surface area contributed by atoms with Crippen LogP contribution in [-0.4, -0.2) is 11.7 Å². The summed E-state index contributed by atoms with van der Waals surface area (Å²) in [5.74, 6) is 3.01. The number of hydrogen-bond donors (Lipinski definition) is 2. The Labute approximate surface area is 96.7 Å². The van der Waals surface area contributed by atoms with E-state index in [2.05, 4.69) is 11.2 Å². The zero-order valence-corrected chi connectivity index (χ0v) is 9.37. The summed E-state index contributed by atoms with van der Waals surface area (Å²) in [5.41, 5.74) is 2.60. The van der Waals surface area contributed by atoms with Gasteiger partial charge in [-0.15, -0.1) is 12.3 Å². The number of nitrogens with one attached hydrogen (secondary N) is 1. The summed E-state index contributed by atoms with van der Waals surface area (Å²) in [4.78, 5) is 0. The molecule has 16 heavy (non-hydrogen) atoms. The number of phenolic OH excluding ortho intramolecular Hbond substituents is 1. The van der Waals surface area contributed by atoms with E-state index in [-0.39, 0.29) is 0 Å². The Morgan fingerprint density at radius 3 is 3.19 bits per heavy atom. The number of benzene rings is 1. The second-order valence-corrected chi connectivity index (χ2v) is 4.24. The number of hydrogen-bond acceptors (Lipinski definition) is 2. The minimum Gasteiger partial charge on any atom is -0.508 e. The highest BCUT2D eigenvalue weighted by atomic mass is 16.3. The molecule has 1 aromatic carbocycles. The smallest absolute Gasteiger partial charge is 0.115 e.